The minimum Gasteiger partial charge on any atom is -0.460 e. The smallest absolute Gasteiger partial charge is 0.340 e. The van der Waals surface area contributed by atoms with Crippen LogP contribution in [0.3, 0.4) is 0 Å². The molecule has 2 rings (SSSR count). The number of unbranched alkanes of at least 4 members (excludes halogenated alkanes) is 4. The highest BCUT2D eigenvalue weighted by Crippen LogP contribution is 2.41. The van der Waals surface area contributed by atoms with Crippen LogP contribution in [0.4, 0.5) is 0 Å². The average Bonchev–Trinajstić information content (AvgIpc) is 3.22. The Labute approximate surface area is 236 Å². The van der Waals surface area contributed by atoms with Crippen LogP contribution in [-0.4, -0.2) is 60.1 Å². The molecule has 0 bridgehead atoms. The number of hydrogen-bond acceptors (Lipinski definition) is 8. The first-order chi connectivity index (χ1) is 18.0. The van der Waals surface area contributed by atoms with E-state index in [1.807, 2.05) is 6.08 Å². The molecular formula is C31H54O8. The third-order valence-corrected chi connectivity index (χ3v) is 6.70. The van der Waals surface area contributed by atoms with Gasteiger partial charge < -0.3 is 28.4 Å². The second-order valence-electron chi connectivity index (χ2n) is 13.3. The van der Waals surface area contributed by atoms with Crippen molar-refractivity contribution in [2.24, 2.45) is 5.92 Å². The Morgan fingerprint density at radius 3 is 2.08 bits per heavy atom. The summed E-state index contributed by atoms with van der Waals surface area (Å²) in [7, 11) is 0. The molecule has 0 saturated carbocycles. The number of carbonyl (C=O) groups is 2. The molecule has 0 N–H and O–H groups in total. The normalized spacial score (nSPS) is 25.1. The van der Waals surface area contributed by atoms with Gasteiger partial charge in [-0.25, -0.2) is 4.79 Å². The number of ether oxygens (including phenoxy) is 6. The molecule has 2 aliphatic rings. The van der Waals surface area contributed by atoms with E-state index < -0.39 is 40.4 Å². The van der Waals surface area contributed by atoms with Crippen molar-refractivity contribution >= 4 is 11.9 Å². The predicted octanol–water partition coefficient (Wildman–Crippen LogP) is 6.64. The van der Waals surface area contributed by atoms with Gasteiger partial charge in [-0.1, -0.05) is 38.3 Å². The highest BCUT2D eigenvalue weighted by atomic mass is 16.7. The van der Waals surface area contributed by atoms with Crippen molar-refractivity contribution in [2.75, 3.05) is 19.8 Å². The molecule has 0 unspecified atom stereocenters. The summed E-state index contributed by atoms with van der Waals surface area (Å²) in [6, 6.07) is 0. The summed E-state index contributed by atoms with van der Waals surface area (Å²) in [5.74, 6) is -3.03. The van der Waals surface area contributed by atoms with Crippen LogP contribution >= 0.6 is 0 Å². The van der Waals surface area contributed by atoms with E-state index in [9.17, 15) is 9.59 Å². The molecule has 0 aliphatic carbocycles. The molecule has 226 valence electrons. The second kappa shape index (κ2) is 13.9. The number of hydrogen-bond donors (Lipinski definition) is 0. The lowest BCUT2D eigenvalue weighted by Crippen LogP contribution is -2.61. The van der Waals surface area contributed by atoms with Gasteiger partial charge in [0.15, 0.2) is 17.2 Å². The van der Waals surface area contributed by atoms with Crippen LogP contribution in [-0.2, 0) is 38.0 Å². The van der Waals surface area contributed by atoms with Crippen molar-refractivity contribution in [2.45, 2.75) is 148 Å². The molecule has 2 fully saturated rings. The van der Waals surface area contributed by atoms with Crippen LogP contribution < -0.4 is 0 Å². The first kappa shape index (κ1) is 33.7. The van der Waals surface area contributed by atoms with Crippen LogP contribution in [0.15, 0.2) is 12.2 Å². The SMILES string of the molecule is CCCC1(CCCCCC/C=C/[C@@H]2COC(C)(C)O[C@]2(CC(=O)OC(C)(C)C)C(=O)OC(C)(C)C)OCCO1. The van der Waals surface area contributed by atoms with Gasteiger partial charge in [0.1, 0.15) is 11.2 Å². The van der Waals surface area contributed by atoms with E-state index in [0.717, 1.165) is 51.4 Å². The molecule has 8 heteroatoms. The van der Waals surface area contributed by atoms with Gasteiger partial charge in [-0.15, -0.1) is 0 Å². The van der Waals surface area contributed by atoms with Crippen LogP contribution in [0.5, 0.6) is 0 Å². The van der Waals surface area contributed by atoms with Gasteiger partial charge in [0.05, 0.1) is 26.2 Å². The van der Waals surface area contributed by atoms with E-state index in [0.29, 0.717) is 13.2 Å². The lowest BCUT2D eigenvalue weighted by Gasteiger charge is -2.47. The van der Waals surface area contributed by atoms with Crippen molar-refractivity contribution in [1.29, 1.82) is 0 Å². The van der Waals surface area contributed by atoms with E-state index in [-0.39, 0.29) is 18.8 Å². The molecule has 39 heavy (non-hydrogen) atoms. The zero-order chi connectivity index (χ0) is 29.4. The lowest BCUT2D eigenvalue weighted by molar-refractivity contribution is -0.323. The lowest BCUT2D eigenvalue weighted by atomic mass is 9.82. The van der Waals surface area contributed by atoms with Crippen molar-refractivity contribution < 1.29 is 38.0 Å². The van der Waals surface area contributed by atoms with Crippen LogP contribution in [0.2, 0.25) is 0 Å². The summed E-state index contributed by atoms with van der Waals surface area (Å²) in [6.07, 6.45) is 11.8. The number of esters is 2. The molecule has 2 aliphatic heterocycles. The molecular weight excluding hydrogens is 500 g/mol. The van der Waals surface area contributed by atoms with Gasteiger partial charge in [0.2, 0.25) is 0 Å². The highest BCUT2D eigenvalue weighted by Gasteiger charge is 2.57. The second-order valence-corrected chi connectivity index (χ2v) is 13.3. The summed E-state index contributed by atoms with van der Waals surface area (Å²) >= 11 is 0. The Balaban J connectivity index is 2.04. The minimum atomic E-state index is -1.55. The highest BCUT2D eigenvalue weighted by molar-refractivity contribution is 5.87. The zero-order valence-corrected chi connectivity index (χ0v) is 26.0. The Hall–Kier alpha value is -1.48. The fourth-order valence-corrected chi connectivity index (χ4v) is 5.13. The third kappa shape index (κ3) is 11.1. The fraction of sp³-hybridized carbons (Fsp3) is 0.871. The van der Waals surface area contributed by atoms with Crippen LogP contribution in [0.25, 0.3) is 0 Å². The first-order valence-electron chi connectivity index (χ1n) is 14.8. The Morgan fingerprint density at radius 2 is 1.49 bits per heavy atom. The van der Waals surface area contributed by atoms with E-state index in [4.69, 9.17) is 28.4 Å². The van der Waals surface area contributed by atoms with E-state index in [1.165, 1.54) is 0 Å². The van der Waals surface area contributed by atoms with Gasteiger partial charge in [0.25, 0.3) is 0 Å². The monoisotopic (exact) mass is 554 g/mol. The van der Waals surface area contributed by atoms with Crippen molar-refractivity contribution in [3.63, 3.8) is 0 Å². The largest absolute Gasteiger partial charge is 0.460 e. The summed E-state index contributed by atoms with van der Waals surface area (Å²) in [4.78, 5) is 26.7. The Morgan fingerprint density at radius 1 is 0.872 bits per heavy atom. The van der Waals surface area contributed by atoms with Gasteiger partial charge >= 0.3 is 11.9 Å². The standard InChI is InChI=1S/C31H54O8/c1-10-18-30(34-20-21-35-30)19-16-14-12-11-13-15-17-24-23-36-29(8,9)39-31(24,26(33)38-28(5,6)7)22-25(32)37-27(2,3)4/h15,17,24H,10-14,16,18-23H2,1-9H3/b17-15+/t24-,31+/m1/s1. The van der Waals surface area contributed by atoms with Crippen molar-refractivity contribution in [3.8, 4) is 0 Å². The summed E-state index contributed by atoms with van der Waals surface area (Å²) in [5, 5.41) is 0. The Kier molecular flexibility index (Phi) is 12.0. The number of carbonyl (C=O) groups excluding carboxylic acids is 2. The molecule has 2 saturated heterocycles. The molecule has 0 aromatic rings. The number of rotatable bonds is 13. The maximum Gasteiger partial charge on any atom is 0.340 e. The molecule has 2 atom stereocenters. The molecule has 0 aromatic heterocycles. The van der Waals surface area contributed by atoms with Gasteiger partial charge in [-0.05, 0) is 74.7 Å². The van der Waals surface area contributed by atoms with E-state index in [1.54, 1.807) is 55.4 Å². The first-order valence-corrected chi connectivity index (χ1v) is 14.8. The number of allylic oxidation sites excluding steroid dienone is 1. The topological polar surface area (TPSA) is 89.5 Å². The molecule has 8 nitrogen and oxygen atoms in total. The molecule has 2 heterocycles. The molecule has 0 spiro atoms. The van der Waals surface area contributed by atoms with Gasteiger partial charge in [-0.3, -0.25) is 4.79 Å². The van der Waals surface area contributed by atoms with Gasteiger partial charge in [-0.2, -0.15) is 0 Å². The summed E-state index contributed by atoms with van der Waals surface area (Å²) in [6.45, 7) is 18.1. The van der Waals surface area contributed by atoms with Crippen LogP contribution in [0.1, 0.15) is 120 Å². The molecule has 0 aromatic carbocycles. The maximum absolute atomic E-state index is 13.7. The molecule has 0 amide bonds. The van der Waals surface area contributed by atoms with Crippen LogP contribution in [0, 0.1) is 5.92 Å². The average molecular weight is 555 g/mol. The van der Waals surface area contributed by atoms with E-state index >= 15 is 0 Å². The van der Waals surface area contributed by atoms with Crippen molar-refractivity contribution in [1.82, 2.24) is 0 Å². The quantitative estimate of drug-likeness (QED) is 0.142. The molecule has 0 radical (unpaired) electrons. The van der Waals surface area contributed by atoms with Crippen molar-refractivity contribution in [3.05, 3.63) is 12.2 Å². The zero-order valence-electron chi connectivity index (χ0n) is 26.0. The predicted molar refractivity (Wildman–Crippen MR) is 150 cm³/mol. The third-order valence-electron chi connectivity index (χ3n) is 6.70. The fourth-order valence-electron chi connectivity index (χ4n) is 5.13. The van der Waals surface area contributed by atoms with E-state index in [2.05, 4.69) is 13.0 Å². The summed E-state index contributed by atoms with van der Waals surface area (Å²) in [5.41, 5.74) is -2.99. The van der Waals surface area contributed by atoms with Gasteiger partial charge in [0, 0.05) is 18.8 Å². The maximum atomic E-state index is 13.7. The Bertz CT molecular complexity index is 813. The minimum absolute atomic E-state index is 0.227. The summed E-state index contributed by atoms with van der Waals surface area (Å²) < 4.78 is 35.4.